The van der Waals surface area contributed by atoms with E-state index in [1.165, 1.54) is 4.90 Å². The number of nitrogens with two attached hydrogens (primary N) is 1. The van der Waals surface area contributed by atoms with E-state index in [1.807, 2.05) is 0 Å². The summed E-state index contributed by atoms with van der Waals surface area (Å²) in [4.78, 5) is 16.2. The van der Waals surface area contributed by atoms with Crippen molar-refractivity contribution in [3.8, 4) is 5.88 Å². The molecule has 0 saturated carbocycles. The van der Waals surface area contributed by atoms with E-state index in [0.717, 1.165) is 12.8 Å². The van der Waals surface area contributed by atoms with Gasteiger partial charge < -0.3 is 20.5 Å². The molecule has 98 valence electrons. The van der Waals surface area contributed by atoms with Crippen LogP contribution in [0.5, 0.6) is 5.88 Å². The second-order valence-electron chi connectivity index (χ2n) is 4.42. The molecule has 0 spiro atoms. The van der Waals surface area contributed by atoms with Crippen LogP contribution in [-0.4, -0.2) is 40.8 Å². The van der Waals surface area contributed by atoms with E-state index in [2.05, 4.69) is 4.98 Å². The second kappa shape index (κ2) is 5.57. The Kier molecular flexibility index (Phi) is 3.86. The van der Waals surface area contributed by atoms with Gasteiger partial charge in [0.2, 0.25) is 5.88 Å². The number of pyridine rings is 1. The minimum absolute atomic E-state index is 0.379. The smallest absolute Gasteiger partial charge is 0.407 e. The van der Waals surface area contributed by atoms with Gasteiger partial charge in [-0.05, 0) is 24.8 Å². The Morgan fingerprint density at radius 2 is 2.22 bits per heavy atom. The molecule has 1 aliphatic rings. The molecule has 1 amide bonds. The number of amides is 1. The van der Waals surface area contributed by atoms with E-state index in [1.54, 1.807) is 18.2 Å². The number of hydrogen-bond donors (Lipinski definition) is 2. The molecule has 6 nitrogen and oxygen atoms in total. The monoisotopic (exact) mass is 251 g/mol. The van der Waals surface area contributed by atoms with E-state index in [0.29, 0.717) is 37.3 Å². The third kappa shape index (κ3) is 3.26. The summed E-state index contributed by atoms with van der Waals surface area (Å²) in [5.41, 5.74) is 5.56. The molecule has 0 aliphatic carbocycles. The fourth-order valence-electron chi connectivity index (χ4n) is 2.01. The maximum absolute atomic E-state index is 10.7. The van der Waals surface area contributed by atoms with Crippen molar-refractivity contribution < 1.29 is 14.6 Å². The molecule has 3 N–H and O–H groups in total. The van der Waals surface area contributed by atoms with Crippen molar-refractivity contribution >= 4 is 11.9 Å². The molecule has 2 rings (SSSR count). The van der Waals surface area contributed by atoms with Crippen molar-refractivity contribution in [3.05, 3.63) is 18.2 Å². The Balaban J connectivity index is 1.77. The molecule has 1 fully saturated rings. The van der Waals surface area contributed by atoms with Gasteiger partial charge in [-0.3, -0.25) is 0 Å². The number of nitrogens with zero attached hydrogens (tertiary/aromatic N) is 2. The van der Waals surface area contributed by atoms with Crippen molar-refractivity contribution in [1.82, 2.24) is 9.88 Å². The quantitative estimate of drug-likeness (QED) is 0.848. The van der Waals surface area contributed by atoms with Gasteiger partial charge in [-0.2, -0.15) is 4.98 Å². The summed E-state index contributed by atoms with van der Waals surface area (Å²) in [6.07, 6.45) is 0.815. The molecule has 0 aromatic carbocycles. The van der Waals surface area contributed by atoms with Crippen LogP contribution in [0.3, 0.4) is 0 Å². The third-order valence-electron chi connectivity index (χ3n) is 3.10. The van der Waals surface area contributed by atoms with Crippen LogP contribution >= 0.6 is 0 Å². The molecular formula is C12H17N3O3. The van der Waals surface area contributed by atoms with E-state index in [4.69, 9.17) is 15.6 Å². The summed E-state index contributed by atoms with van der Waals surface area (Å²) in [7, 11) is 0. The Hall–Kier alpha value is -1.98. The van der Waals surface area contributed by atoms with Crippen LogP contribution in [0.4, 0.5) is 10.6 Å². The number of ether oxygens (including phenoxy) is 1. The van der Waals surface area contributed by atoms with Crippen LogP contribution in [-0.2, 0) is 0 Å². The van der Waals surface area contributed by atoms with Crippen molar-refractivity contribution in [3.63, 3.8) is 0 Å². The average molecular weight is 251 g/mol. The normalized spacial score (nSPS) is 16.6. The van der Waals surface area contributed by atoms with Crippen molar-refractivity contribution in [2.24, 2.45) is 5.92 Å². The number of nitrogen functional groups attached to an aromatic ring is 1. The zero-order chi connectivity index (χ0) is 13.0. The second-order valence-corrected chi connectivity index (χ2v) is 4.42. The van der Waals surface area contributed by atoms with Gasteiger partial charge in [0.05, 0.1) is 6.61 Å². The van der Waals surface area contributed by atoms with E-state index >= 15 is 0 Å². The van der Waals surface area contributed by atoms with Crippen LogP contribution in [0, 0.1) is 5.92 Å². The lowest BCUT2D eigenvalue weighted by molar-refractivity contribution is 0.111. The van der Waals surface area contributed by atoms with Crippen LogP contribution in [0.15, 0.2) is 18.2 Å². The number of aromatic nitrogens is 1. The molecule has 0 unspecified atom stereocenters. The first kappa shape index (κ1) is 12.5. The Bertz CT molecular complexity index is 417. The summed E-state index contributed by atoms with van der Waals surface area (Å²) in [5, 5.41) is 8.83. The summed E-state index contributed by atoms with van der Waals surface area (Å²) < 4.78 is 5.56. The summed E-state index contributed by atoms with van der Waals surface area (Å²) >= 11 is 0. The zero-order valence-corrected chi connectivity index (χ0v) is 10.1. The average Bonchev–Trinajstić information content (AvgIpc) is 2.37. The van der Waals surface area contributed by atoms with E-state index in [9.17, 15) is 4.79 Å². The van der Waals surface area contributed by atoms with Crippen molar-refractivity contribution in [2.45, 2.75) is 12.8 Å². The molecule has 0 radical (unpaired) electrons. The topological polar surface area (TPSA) is 88.7 Å². The molecule has 6 heteroatoms. The summed E-state index contributed by atoms with van der Waals surface area (Å²) in [6.45, 7) is 1.71. The Morgan fingerprint density at radius 1 is 1.50 bits per heavy atom. The van der Waals surface area contributed by atoms with Crippen molar-refractivity contribution in [2.75, 3.05) is 25.4 Å². The first-order valence-electron chi connectivity index (χ1n) is 5.98. The van der Waals surface area contributed by atoms with Crippen molar-refractivity contribution in [1.29, 1.82) is 0 Å². The van der Waals surface area contributed by atoms with Crippen LogP contribution < -0.4 is 10.5 Å². The molecule has 0 bridgehead atoms. The number of rotatable bonds is 3. The van der Waals surface area contributed by atoms with Gasteiger partial charge in [0.1, 0.15) is 5.82 Å². The van der Waals surface area contributed by atoms with Gasteiger partial charge in [-0.1, -0.05) is 6.07 Å². The summed E-state index contributed by atoms with van der Waals surface area (Å²) in [6, 6.07) is 5.27. The molecule has 1 aromatic heterocycles. The SMILES string of the molecule is Nc1cccc(OCC2CCN(C(=O)O)CC2)n1. The van der Waals surface area contributed by atoms with Gasteiger partial charge >= 0.3 is 6.09 Å². The minimum Gasteiger partial charge on any atom is -0.477 e. The highest BCUT2D eigenvalue weighted by molar-refractivity contribution is 5.64. The fraction of sp³-hybridized carbons (Fsp3) is 0.500. The maximum atomic E-state index is 10.7. The molecule has 2 heterocycles. The lowest BCUT2D eigenvalue weighted by Gasteiger charge is -2.29. The molecule has 0 atom stereocenters. The molecule has 18 heavy (non-hydrogen) atoms. The predicted molar refractivity (Wildman–Crippen MR) is 66.5 cm³/mol. The van der Waals surface area contributed by atoms with E-state index in [-0.39, 0.29) is 0 Å². The standard InChI is InChI=1S/C12H17N3O3/c13-10-2-1-3-11(14-10)18-8-9-4-6-15(7-5-9)12(16)17/h1-3,9H,4-8H2,(H2,13,14)(H,16,17). The first-order valence-corrected chi connectivity index (χ1v) is 5.98. The number of carbonyl (C=O) groups is 1. The van der Waals surface area contributed by atoms with E-state index < -0.39 is 6.09 Å². The molecule has 1 saturated heterocycles. The number of anilines is 1. The largest absolute Gasteiger partial charge is 0.477 e. The first-order chi connectivity index (χ1) is 8.65. The highest BCUT2D eigenvalue weighted by Crippen LogP contribution is 2.19. The lowest BCUT2D eigenvalue weighted by Crippen LogP contribution is -2.38. The van der Waals surface area contributed by atoms with Gasteiger partial charge in [0.25, 0.3) is 0 Å². The van der Waals surface area contributed by atoms with Gasteiger partial charge in [0.15, 0.2) is 0 Å². The Labute approximate surface area is 105 Å². The highest BCUT2D eigenvalue weighted by atomic mass is 16.5. The van der Waals surface area contributed by atoms with Gasteiger partial charge in [0, 0.05) is 19.2 Å². The number of carboxylic acid groups (broad SMARTS) is 1. The number of piperidine rings is 1. The lowest BCUT2D eigenvalue weighted by atomic mass is 9.98. The van der Waals surface area contributed by atoms with Crippen LogP contribution in [0.25, 0.3) is 0 Å². The van der Waals surface area contributed by atoms with Gasteiger partial charge in [-0.15, -0.1) is 0 Å². The Morgan fingerprint density at radius 3 is 2.83 bits per heavy atom. The maximum Gasteiger partial charge on any atom is 0.407 e. The fourth-order valence-corrected chi connectivity index (χ4v) is 2.01. The molecular weight excluding hydrogens is 234 g/mol. The number of hydrogen-bond acceptors (Lipinski definition) is 4. The molecule has 1 aromatic rings. The zero-order valence-electron chi connectivity index (χ0n) is 10.1. The predicted octanol–water partition coefficient (Wildman–Crippen LogP) is 1.43. The minimum atomic E-state index is -0.841. The van der Waals surface area contributed by atoms with Crippen LogP contribution in [0.2, 0.25) is 0 Å². The highest BCUT2D eigenvalue weighted by Gasteiger charge is 2.22. The summed E-state index contributed by atoms with van der Waals surface area (Å²) in [5.74, 6) is 1.34. The molecule has 1 aliphatic heterocycles. The van der Waals surface area contributed by atoms with Crippen LogP contribution in [0.1, 0.15) is 12.8 Å². The third-order valence-corrected chi connectivity index (χ3v) is 3.10. The number of likely N-dealkylation sites (tertiary alicyclic amines) is 1. The van der Waals surface area contributed by atoms with Gasteiger partial charge in [-0.25, -0.2) is 4.79 Å².